The molecule has 122 valence electrons. The molecule has 1 aromatic carbocycles. The lowest BCUT2D eigenvalue weighted by molar-refractivity contribution is -0.141. The van der Waals surface area contributed by atoms with E-state index in [1.54, 1.807) is 12.3 Å². The second kappa shape index (κ2) is 7.23. The van der Waals surface area contributed by atoms with Crippen LogP contribution in [-0.4, -0.2) is 24.0 Å². The fourth-order valence-corrected chi connectivity index (χ4v) is 3.27. The van der Waals surface area contributed by atoms with Gasteiger partial charge in [0.15, 0.2) is 0 Å². The normalized spacial score (nSPS) is 11.9. The zero-order chi connectivity index (χ0) is 16.9. The Hall–Kier alpha value is -2.73. The lowest BCUT2D eigenvalue weighted by Gasteiger charge is -2.17. The first-order valence-electron chi connectivity index (χ1n) is 7.44. The summed E-state index contributed by atoms with van der Waals surface area (Å²) >= 11 is 1.49. The Morgan fingerprint density at radius 1 is 1.21 bits per heavy atom. The number of thiophene rings is 1. The number of fused-ring (bicyclic) bond motifs is 1. The number of amides is 1. The molecule has 0 aliphatic carbocycles. The van der Waals surface area contributed by atoms with Crippen molar-refractivity contribution in [3.8, 4) is 0 Å². The summed E-state index contributed by atoms with van der Waals surface area (Å²) in [4.78, 5) is 29.6. The second-order valence-electron chi connectivity index (χ2n) is 5.20. The van der Waals surface area contributed by atoms with Crippen molar-refractivity contribution in [2.24, 2.45) is 0 Å². The average Bonchev–Trinajstić information content (AvgIpc) is 3.15. The molecule has 0 saturated carbocycles. The number of esters is 1. The average molecular weight is 340 g/mol. The van der Waals surface area contributed by atoms with Crippen molar-refractivity contribution >= 4 is 34.1 Å². The van der Waals surface area contributed by atoms with Crippen molar-refractivity contribution in [2.75, 3.05) is 7.11 Å². The van der Waals surface area contributed by atoms with Crippen LogP contribution in [0.1, 0.15) is 27.7 Å². The molecular formula is C18H16N2O3S. The van der Waals surface area contributed by atoms with Crippen molar-refractivity contribution in [1.82, 2.24) is 10.3 Å². The minimum atomic E-state index is -0.420. The molecule has 0 bridgehead atoms. The van der Waals surface area contributed by atoms with E-state index >= 15 is 0 Å². The van der Waals surface area contributed by atoms with Gasteiger partial charge in [-0.25, -0.2) is 0 Å². The van der Waals surface area contributed by atoms with Crippen molar-refractivity contribution in [3.63, 3.8) is 0 Å². The number of nitrogens with zero attached hydrogens (tertiary/aromatic N) is 1. The van der Waals surface area contributed by atoms with Crippen LogP contribution in [0.2, 0.25) is 0 Å². The number of ether oxygens (including phenoxy) is 1. The fourth-order valence-electron chi connectivity index (χ4n) is 2.49. The van der Waals surface area contributed by atoms with Crippen LogP contribution in [0.3, 0.4) is 0 Å². The summed E-state index contributed by atoms with van der Waals surface area (Å²) in [5.74, 6) is -0.607. The van der Waals surface area contributed by atoms with E-state index in [1.807, 2.05) is 41.8 Å². The van der Waals surface area contributed by atoms with Crippen molar-refractivity contribution in [2.45, 2.75) is 12.5 Å². The number of nitrogens with one attached hydrogen (secondary N) is 1. The standard InChI is InChI=1S/C18H16N2O3S/c1-23-17(21)11-15(16-7-4-10-24-16)20-18(22)13-8-9-19-14-6-3-2-5-12(13)14/h2-10,15H,11H2,1H3,(H,20,22). The topological polar surface area (TPSA) is 68.3 Å². The van der Waals surface area contributed by atoms with Crippen LogP contribution in [0.15, 0.2) is 54.0 Å². The minimum Gasteiger partial charge on any atom is -0.469 e. The lowest BCUT2D eigenvalue weighted by atomic mass is 10.1. The van der Waals surface area contributed by atoms with Crippen LogP contribution < -0.4 is 5.32 Å². The Labute approximate surface area is 143 Å². The molecule has 2 heterocycles. The van der Waals surface area contributed by atoms with Gasteiger partial charge in [0, 0.05) is 16.5 Å². The molecule has 24 heavy (non-hydrogen) atoms. The van der Waals surface area contributed by atoms with Gasteiger partial charge in [-0.15, -0.1) is 11.3 Å². The third-order valence-corrected chi connectivity index (χ3v) is 4.67. The monoisotopic (exact) mass is 340 g/mol. The maximum atomic E-state index is 12.7. The summed E-state index contributed by atoms with van der Waals surface area (Å²) < 4.78 is 4.74. The number of carbonyl (C=O) groups excluding carboxylic acids is 2. The molecule has 0 aliphatic rings. The van der Waals surface area contributed by atoms with Crippen LogP contribution in [0.25, 0.3) is 10.9 Å². The van der Waals surface area contributed by atoms with E-state index in [1.165, 1.54) is 18.4 Å². The van der Waals surface area contributed by atoms with Crippen LogP contribution in [-0.2, 0) is 9.53 Å². The van der Waals surface area contributed by atoms with E-state index in [0.29, 0.717) is 5.56 Å². The Morgan fingerprint density at radius 2 is 2.04 bits per heavy atom. The molecule has 3 rings (SSSR count). The largest absolute Gasteiger partial charge is 0.469 e. The SMILES string of the molecule is COC(=O)CC(NC(=O)c1ccnc2ccccc12)c1cccs1. The first-order valence-corrected chi connectivity index (χ1v) is 8.32. The van der Waals surface area contributed by atoms with E-state index in [4.69, 9.17) is 4.74 Å². The number of aromatic nitrogens is 1. The van der Waals surface area contributed by atoms with Gasteiger partial charge >= 0.3 is 5.97 Å². The molecule has 0 spiro atoms. The van der Waals surface area contributed by atoms with Crippen LogP contribution >= 0.6 is 11.3 Å². The van der Waals surface area contributed by atoms with Gasteiger partial charge < -0.3 is 10.1 Å². The van der Waals surface area contributed by atoms with E-state index in [9.17, 15) is 9.59 Å². The summed E-state index contributed by atoms with van der Waals surface area (Å²) in [5.41, 5.74) is 1.29. The molecule has 1 amide bonds. The molecule has 0 aliphatic heterocycles. The van der Waals surface area contributed by atoms with Gasteiger partial charge in [-0.3, -0.25) is 14.6 Å². The summed E-state index contributed by atoms with van der Waals surface area (Å²) in [6.45, 7) is 0. The third kappa shape index (κ3) is 3.44. The second-order valence-corrected chi connectivity index (χ2v) is 6.18. The van der Waals surface area contributed by atoms with Gasteiger partial charge in [-0.1, -0.05) is 24.3 Å². The maximum Gasteiger partial charge on any atom is 0.307 e. The van der Waals surface area contributed by atoms with Gasteiger partial charge in [0.25, 0.3) is 5.91 Å². The molecule has 6 heteroatoms. The summed E-state index contributed by atoms with van der Waals surface area (Å²) in [7, 11) is 1.34. The number of hydrogen-bond donors (Lipinski definition) is 1. The van der Waals surface area contributed by atoms with Crippen LogP contribution in [0.5, 0.6) is 0 Å². The molecule has 1 atom stereocenters. The van der Waals surface area contributed by atoms with Gasteiger partial charge in [0.2, 0.25) is 0 Å². The molecule has 0 saturated heterocycles. The smallest absolute Gasteiger partial charge is 0.307 e. The first-order chi connectivity index (χ1) is 11.7. The van der Waals surface area contributed by atoms with Gasteiger partial charge in [-0.2, -0.15) is 0 Å². The fraction of sp³-hybridized carbons (Fsp3) is 0.167. The van der Waals surface area contributed by atoms with E-state index in [0.717, 1.165) is 15.8 Å². The zero-order valence-corrected chi connectivity index (χ0v) is 13.9. The minimum absolute atomic E-state index is 0.0891. The van der Waals surface area contributed by atoms with E-state index in [-0.39, 0.29) is 18.3 Å². The summed E-state index contributed by atoms with van der Waals surface area (Å²) in [5, 5.41) is 5.62. The van der Waals surface area contributed by atoms with E-state index < -0.39 is 6.04 Å². The Kier molecular flexibility index (Phi) is 4.86. The Morgan fingerprint density at radius 3 is 2.79 bits per heavy atom. The lowest BCUT2D eigenvalue weighted by Crippen LogP contribution is -2.30. The predicted molar refractivity (Wildman–Crippen MR) is 92.9 cm³/mol. The number of para-hydroxylation sites is 1. The molecule has 3 aromatic rings. The highest BCUT2D eigenvalue weighted by atomic mass is 32.1. The molecule has 1 N–H and O–H groups in total. The molecule has 2 aromatic heterocycles. The molecular weight excluding hydrogens is 324 g/mol. The highest BCUT2D eigenvalue weighted by molar-refractivity contribution is 7.10. The van der Waals surface area contributed by atoms with E-state index in [2.05, 4.69) is 10.3 Å². The van der Waals surface area contributed by atoms with Crippen LogP contribution in [0.4, 0.5) is 0 Å². The quantitative estimate of drug-likeness (QED) is 0.723. The number of hydrogen-bond acceptors (Lipinski definition) is 5. The predicted octanol–water partition coefficient (Wildman–Crippen LogP) is 3.33. The highest BCUT2D eigenvalue weighted by Crippen LogP contribution is 2.24. The summed E-state index contributed by atoms with van der Waals surface area (Å²) in [6.07, 6.45) is 1.70. The van der Waals surface area contributed by atoms with Gasteiger partial charge in [0.1, 0.15) is 0 Å². The molecule has 5 nitrogen and oxygen atoms in total. The summed E-state index contributed by atoms with van der Waals surface area (Å²) in [6, 6.07) is 12.5. The first kappa shape index (κ1) is 16.1. The number of carbonyl (C=O) groups is 2. The van der Waals surface area contributed by atoms with Crippen molar-refractivity contribution < 1.29 is 14.3 Å². The van der Waals surface area contributed by atoms with Gasteiger partial charge in [0.05, 0.1) is 30.7 Å². The molecule has 0 fully saturated rings. The number of rotatable bonds is 5. The number of benzene rings is 1. The Balaban J connectivity index is 1.88. The van der Waals surface area contributed by atoms with Crippen molar-refractivity contribution in [1.29, 1.82) is 0 Å². The molecule has 0 radical (unpaired) electrons. The number of methoxy groups -OCH3 is 1. The third-order valence-electron chi connectivity index (χ3n) is 3.68. The zero-order valence-electron chi connectivity index (χ0n) is 13.1. The highest BCUT2D eigenvalue weighted by Gasteiger charge is 2.21. The molecule has 1 unspecified atom stereocenters. The maximum absolute atomic E-state index is 12.7. The Bertz CT molecular complexity index is 856. The van der Waals surface area contributed by atoms with Gasteiger partial charge in [-0.05, 0) is 23.6 Å². The number of pyridine rings is 1. The van der Waals surface area contributed by atoms with Crippen LogP contribution in [0, 0.1) is 0 Å². The van der Waals surface area contributed by atoms with Crippen molar-refractivity contribution in [3.05, 3.63) is 64.5 Å².